The topological polar surface area (TPSA) is 60.2 Å². The zero-order valence-electron chi connectivity index (χ0n) is 12.8. The summed E-state index contributed by atoms with van der Waals surface area (Å²) in [6.45, 7) is 2.27. The lowest BCUT2D eigenvalue weighted by molar-refractivity contribution is -0.0128. The highest BCUT2D eigenvalue weighted by atomic mass is 31.2. The van der Waals surface area contributed by atoms with Crippen molar-refractivity contribution in [2.45, 2.75) is 25.6 Å². The molecule has 0 radical (unpaired) electrons. The molecule has 0 unspecified atom stereocenters. The number of benzene rings is 1. The maximum atomic E-state index is 14.9. The van der Waals surface area contributed by atoms with Gasteiger partial charge in [0.05, 0.1) is 25.7 Å². The third-order valence-corrected chi connectivity index (χ3v) is 5.74. The predicted octanol–water partition coefficient (Wildman–Crippen LogP) is 4.81. The molecule has 0 fully saturated rings. The van der Waals surface area contributed by atoms with Crippen molar-refractivity contribution in [2.75, 3.05) is 19.8 Å². The van der Waals surface area contributed by atoms with Crippen molar-refractivity contribution in [3.63, 3.8) is 0 Å². The van der Waals surface area contributed by atoms with E-state index in [0.29, 0.717) is 5.56 Å². The van der Waals surface area contributed by atoms with Crippen LogP contribution in [0.1, 0.15) is 25.5 Å². The van der Waals surface area contributed by atoms with E-state index in [-0.39, 0.29) is 19.8 Å². The lowest BCUT2D eigenvalue weighted by Crippen LogP contribution is -2.34. The highest BCUT2D eigenvalue weighted by Crippen LogP contribution is 2.67. The van der Waals surface area contributed by atoms with E-state index in [2.05, 4.69) is 10.2 Å². The van der Waals surface area contributed by atoms with E-state index in [1.54, 1.807) is 0 Å². The van der Waals surface area contributed by atoms with Gasteiger partial charge < -0.3 is 9.05 Å². The summed E-state index contributed by atoms with van der Waals surface area (Å²) in [6, 6.07) is 4.01. The van der Waals surface area contributed by atoms with Crippen LogP contribution >= 0.6 is 7.60 Å². The second kappa shape index (κ2) is 7.11. The van der Waals surface area contributed by atoms with Crippen LogP contribution in [0.3, 0.4) is 0 Å². The van der Waals surface area contributed by atoms with Gasteiger partial charge in [0.2, 0.25) is 0 Å². The van der Waals surface area contributed by atoms with E-state index in [1.165, 1.54) is 26.0 Å². The summed E-state index contributed by atoms with van der Waals surface area (Å²) in [5.41, 5.74) is -3.39. The van der Waals surface area contributed by atoms with Gasteiger partial charge in [0.25, 0.3) is 0 Å². The third-order valence-electron chi connectivity index (χ3n) is 3.49. The highest BCUT2D eigenvalue weighted by molar-refractivity contribution is 7.55. The Morgan fingerprint density at radius 1 is 1.22 bits per heavy atom. The lowest BCUT2D eigenvalue weighted by Gasteiger charge is -2.31. The molecule has 0 bridgehead atoms. The maximum Gasteiger partial charge on any atom is 0.400 e. The molecule has 128 valence electrons. The van der Waals surface area contributed by atoms with Crippen LogP contribution in [0.5, 0.6) is 0 Å². The van der Waals surface area contributed by atoms with E-state index in [9.17, 15) is 17.7 Å². The van der Waals surface area contributed by atoms with Crippen molar-refractivity contribution in [3.8, 4) is 0 Å². The Morgan fingerprint density at radius 2 is 1.78 bits per heavy atom. The van der Waals surface area contributed by atoms with Gasteiger partial charge in [-0.05, 0) is 31.5 Å². The van der Waals surface area contributed by atoms with Gasteiger partial charge in [0, 0.05) is 0 Å². The highest BCUT2D eigenvalue weighted by Gasteiger charge is 2.62. The minimum atomic E-state index is -4.67. The Hall–Kier alpha value is -1.24. The SMILES string of the molecule is CCOP(=O)(OCC)C(F)(F)[C@@H]1CN=N[C@H]1c1ccc(F)cc1. The fourth-order valence-electron chi connectivity index (χ4n) is 2.41. The molecule has 5 nitrogen and oxygen atoms in total. The molecule has 0 amide bonds. The van der Waals surface area contributed by atoms with Crippen LogP contribution in [0.4, 0.5) is 13.2 Å². The zero-order chi connectivity index (χ0) is 17.1. The van der Waals surface area contributed by atoms with Gasteiger partial charge in [-0.1, -0.05) is 12.1 Å². The van der Waals surface area contributed by atoms with Crippen molar-refractivity contribution in [2.24, 2.45) is 16.1 Å². The smallest absolute Gasteiger partial charge is 0.305 e. The summed E-state index contributed by atoms with van der Waals surface area (Å²) in [7, 11) is -4.67. The third kappa shape index (κ3) is 3.49. The van der Waals surface area contributed by atoms with E-state index in [1.807, 2.05) is 0 Å². The number of hydrogen-bond acceptors (Lipinski definition) is 5. The first-order chi connectivity index (χ1) is 10.9. The summed E-state index contributed by atoms with van der Waals surface area (Å²) in [5.74, 6) is -1.96. The van der Waals surface area contributed by atoms with Gasteiger partial charge in [0.1, 0.15) is 11.9 Å². The Morgan fingerprint density at radius 3 is 2.30 bits per heavy atom. The average molecular weight is 350 g/mol. The summed E-state index contributed by atoms with van der Waals surface area (Å²) in [6.07, 6.45) is 0. The van der Waals surface area contributed by atoms with Crippen LogP contribution in [0.2, 0.25) is 0 Å². The second-order valence-electron chi connectivity index (χ2n) is 4.96. The number of hydrogen-bond donors (Lipinski definition) is 0. The first-order valence-electron chi connectivity index (χ1n) is 7.24. The molecule has 1 aliphatic rings. The molecule has 0 spiro atoms. The van der Waals surface area contributed by atoms with Crippen LogP contribution in [0.15, 0.2) is 34.5 Å². The first-order valence-corrected chi connectivity index (χ1v) is 8.79. The van der Waals surface area contributed by atoms with Crippen LogP contribution in [0.25, 0.3) is 0 Å². The van der Waals surface area contributed by atoms with Gasteiger partial charge in [-0.3, -0.25) is 4.57 Å². The van der Waals surface area contributed by atoms with Crippen molar-refractivity contribution in [1.29, 1.82) is 0 Å². The van der Waals surface area contributed by atoms with Crippen molar-refractivity contribution in [1.82, 2.24) is 0 Å². The van der Waals surface area contributed by atoms with Gasteiger partial charge >= 0.3 is 13.3 Å². The minimum absolute atomic E-state index is 0.172. The molecule has 1 aromatic carbocycles. The van der Waals surface area contributed by atoms with Crippen LogP contribution in [-0.2, 0) is 13.6 Å². The Kier molecular flexibility index (Phi) is 5.60. The van der Waals surface area contributed by atoms with Gasteiger partial charge in [-0.15, -0.1) is 0 Å². The molecular formula is C14H18F3N2O3P. The Labute approximate surface area is 132 Å². The average Bonchev–Trinajstić information content (AvgIpc) is 2.98. The summed E-state index contributed by atoms with van der Waals surface area (Å²) in [4.78, 5) is 0. The standard InChI is InChI=1S/C14H18F3N2O3P/c1-3-21-23(20,22-4-2)14(16,17)12-9-18-19-13(12)10-5-7-11(15)8-6-10/h5-8,12-13H,3-4,9H2,1-2H3/t12-,13+/m1/s1. The molecule has 9 heteroatoms. The Bertz CT molecular complexity index is 600. The normalized spacial score (nSPS) is 21.8. The fraction of sp³-hybridized carbons (Fsp3) is 0.571. The van der Waals surface area contributed by atoms with Crippen LogP contribution in [0, 0.1) is 11.7 Å². The van der Waals surface area contributed by atoms with Crippen LogP contribution < -0.4 is 0 Å². The number of rotatable bonds is 7. The first kappa shape index (κ1) is 18.1. The molecule has 1 aliphatic heterocycles. The molecule has 0 N–H and O–H groups in total. The number of nitrogens with zero attached hydrogens (tertiary/aromatic N) is 2. The predicted molar refractivity (Wildman–Crippen MR) is 78.2 cm³/mol. The van der Waals surface area contributed by atoms with Crippen molar-refractivity contribution in [3.05, 3.63) is 35.6 Å². The number of halogens is 3. The van der Waals surface area contributed by atoms with Gasteiger partial charge in [-0.25, -0.2) is 4.39 Å². The molecule has 1 aromatic rings. The van der Waals surface area contributed by atoms with Crippen molar-refractivity contribution >= 4 is 7.60 Å². The molecule has 0 aromatic heterocycles. The summed E-state index contributed by atoms with van der Waals surface area (Å²) >= 11 is 0. The molecular weight excluding hydrogens is 332 g/mol. The monoisotopic (exact) mass is 350 g/mol. The molecule has 2 rings (SSSR count). The summed E-state index contributed by atoms with van der Waals surface area (Å²) < 4.78 is 64.8. The molecule has 2 atom stereocenters. The quantitative estimate of drug-likeness (QED) is 0.663. The zero-order valence-corrected chi connectivity index (χ0v) is 13.7. The molecule has 0 saturated heterocycles. The second-order valence-corrected chi connectivity index (χ2v) is 7.07. The number of azo groups is 1. The number of alkyl halides is 2. The van der Waals surface area contributed by atoms with E-state index < -0.39 is 31.0 Å². The van der Waals surface area contributed by atoms with Crippen LogP contribution in [-0.4, -0.2) is 25.4 Å². The molecule has 0 aliphatic carbocycles. The Balaban J connectivity index is 2.33. The fourth-order valence-corrected chi connectivity index (χ4v) is 4.14. The maximum absolute atomic E-state index is 14.9. The lowest BCUT2D eigenvalue weighted by atomic mass is 9.95. The largest absolute Gasteiger partial charge is 0.400 e. The van der Waals surface area contributed by atoms with Gasteiger partial charge in [0.15, 0.2) is 0 Å². The molecule has 1 heterocycles. The summed E-state index contributed by atoms with van der Waals surface area (Å²) in [5, 5.41) is 7.47. The molecule has 0 saturated carbocycles. The van der Waals surface area contributed by atoms with E-state index >= 15 is 0 Å². The van der Waals surface area contributed by atoms with E-state index in [4.69, 9.17) is 9.05 Å². The minimum Gasteiger partial charge on any atom is -0.305 e. The van der Waals surface area contributed by atoms with E-state index in [0.717, 1.165) is 12.1 Å². The van der Waals surface area contributed by atoms with Gasteiger partial charge in [-0.2, -0.15) is 19.0 Å². The molecule has 23 heavy (non-hydrogen) atoms. The van der Waals surface area contributed by atoms with Crippen molar-refractivity contribution < 1.29 is 26.8 Å².